The molecule has 3 rings (SSSR count). The molecular weight excluding hydrogens is 463 g/mol. The van der Waals surface area contributed by atoms with Crippen LogP contribution >= 0.6 is 34.5 Å². The fraction of sp³-hybridized carbons (Fsp3) is 0.143. The first-order chi connectivity index (χ1) is 14.9. The lowest BCUT2D eigenvalue weighted by molar-refractivity contribution is -0.119. The normalized spacial score (nSPS) is 10.4. The molecule has 2 heterocycles. The van der Waals surface area contributed by atoms with Gasteiger partial charge in [-0.25, -0.2) is 14.6 Å². The molecule has 2 aromatic heterocycles. The standard InChI is InChI=1S/C21H16Cl2N2O5S/c1-2-29-21(28)17-16(12-6-4-3-5-7-12)18(23)31-19(17)25-15(26)11-30-20(27)13-8-9-14(22)24-10-13/h3-10H,2,11H2,1H3,(H,25,26). The highest BCUT2D eigenvalue weighted by atomic mass is 35.5. The number of anilines is 1. The lowest BCUT2D eigenvalue weighted by atomic mass is 10.0. The van der Waals surface area contributed by atoms with Crippen molar-refractivity contribution in [3.05, 3.63) is 69.3 Å². The maximum absolute atomic E-state index is 12.6. The third-order valence-corrected chi connectivity index (χ3v) is 5.50. The summed E-state index contributed by atoms with van der Waals surface area (Å²) in [6.45, 7) is 1.26. The number of amides is 1. The Morgan fingerprint density at radius 1 is 1.03 bits per heavy atom. The minimum Gasteiger partial charge on any atom is -0.462 e. The molecule has 0 aliphatic rings. The number of thiophene rings is 1. The van der Waals surface area contributed by atoms with Crippen LogP contribution in [-0.2, 0) is 14.3 Å². The predicted molar refractivity (Wildman–Crippen MR) is 119 cm³/mol. The van der Waals surface area contributed by atoms with Crippen molar-refractivity contribution in [2.75, 3.05) is 18.5 Å². The molecule has 160 valence electrons. The summed E-state index contributed by atoms with van der Waals surface area (Å²) in [7, 11) is 0. The Labute approximate surface area is 191 Å². The van der Waals surface area contributed by atoms with Crippen LogP contribution in [0.5, 0.6) is 0 Å². The van der Waals surface area contributed by atoms with E-state index in [1.807, 2.05) is 18.2 Å². The molecule has 1 amide bonds. The summed E-state index contributed by atoms with van der Waals surface area (Å²) in [5.41, 5.74) is 1.46. The number of nitrogens with one attached hydrogen (secondary N) is 1. The van der Waals surface area contributed by atoms with Crippen LogP contribution in [0.2, 0.25) is 9.49 Å². The van der Waals surface area contributed by atoms with Gasteiger partial charge < -0.3 is 14.8 Å². The summed E-state index contributed by atoms with van der Waals surface area (Å²) in [6, 6.07) is 11.9. The van der Waals surface area contributed by atoms with Crippen LogP contribution in [0, 0.1) is 0 Å². The highest BCUT2D eigenvalue weighted by Gasteiger charge is 2.26. The number of carbonyl (C=O) groups is 3. The van der Waals surface area contributed by atoms with Crippen LogP contribution in [0.3, 0.4) is 0 Å². The Kier molecular flexibility index (Phi) is 7.62. The first kappa shape index (κ1) is 22.7. The van der Waals surface area contributed by atoms with Crippen molar-refractivity contribution >= 4 is 57.4 Å². The van der Waals surface area contributed by atoms with Gasteiger partial charge in [-0.3, -0.25) is 4.79 Å². The van der Waals surface area contributed by atoms with Gasteiger partial charge >= 0.3 is 11.9 Å². The topological polar surface area (TPSA) is 94.6 Å². The van der Waals surface area contributed by atoms with Gasteiger partial charge in [-0.15, -0.1) is 11.3 Å². The average molecular weight is 479 g/mol. The Balaban J connectivity index is 1.78. The van der Waals surface area contributed by atoms with Crippen LogP contribution in [0.4, 0.5) is 5.00 Å². The van der Waals surface area contributed by atoms with Gasteiger partial charge in [-0.1, -0.05) is 53.5 Å². The summed E-state index contributed by atoms with van der Waals surface area (Å²) < 4.78 is 10.5. The minimum absolute atomic E-state index is 0.143. The Morgan fingerprint density at radius 3 is 2.42 bits per heavy atom. The molecule has 10 heteroatoms. The van der Waals surface area contributed by atoms with Gasteiger partial charge in [-0.05, 0) is 24.6 Å². The number of pyridine rings is 1. The number of aromatic nitrogens is 1. The Bertz CT molecular complexity index is 1100. The molecule has 1 aromatic carbocycles. The molecule has 7 nitrogen and oxygen atoms in total. The van der Waals surface area contributed by atoms with Crippen LogP contribution in [-0.4, -0.2) is 36.0 Å². The molecule has 0 saturated heterocycles. The third kappa shape index (κ3) is 5.61. The maximum Gasteiger partial charge on any atom is 0.341 e. The number of carbonyl (C=O) groups excluding carboxylic acids is 3. The van der Waals surface area contributed by atoms with Crippen molar-refractivity contribution in [3.8, 4) is 11.1 Å². The van der Waals surface area contributed by atoms with Crippen LogP contribution in [0.15, 0.2) is 48.7 Å². The van der Waals surface area contributed by atoms with Crippen LogP contribution in [0.25, 0.3) is 11.1 Å². The summed E-state index contributed by atoms with van der Waals surface area (Å²) in [6.07, 6.45) is 1.24. The summed E-state index contributed by atoms with van der Waals surface area (Å²) in [5.74, 6) is -2.00. The summed E-state index contributed by atoms with van der Waals surface area (Å²) >= 11 is 13.1. The minimum atomic E-state index is -0.737. The number of halogens is 2. The van der Waals surface area contributed by atoms with Crippen LogP contribution < -0.4 is 5.32 Å². The first-order valence-corrected chi connectivity index (χ1v) is 10.6. The van der Waals surface area contributed by atoms with Crippen molar-refractivity contribution in [1.82, 2.24) is 4.98 Å². The lowest BCUT2D eigenvalue weighted by Crippen LogP contribution is -2.21. The number of hydrogen-bond acceptors (Lipinski definition) is 7. The van der Waals surface area contributed by atoms with Crippen molar-refractivity contribution in [2.24, 2.45) is 0 Å². The monoisotopic (exact) mass is 478 g/mol. The second-order valence-electron chi connectivity index (χ2n) is 6.04. The molecule has 0 saturated carbocycles. The third-order valence-electron chi connectivity index (χ3n) is 3.96. The molecule has 1 N–H and O–H groups in total. The van der Waals surface area contributed by atoms with Gasteiger partial charge in [0.25, 0.3) is 5.91 Å². The molecule has 0 aliphatic carbocycles. The molecule has 3 aromatic rings. The molecule has 0 spiro atoms. The first-order valence-electron chi connectivity index (χ1n) is 9.04. The maximum atomic E-state index is 12.6. The van der Waals surface area contributed by atoms with Gasteiger partial charge in [0.05, 0.1) is 12.2 Å². The molecule has 0 bridgehead atoms. The second kappa shape index (κ2) is 10.4. The molecule has 0 fully saturated rings. The number of hydrogen-bond donors (Lipinski definition) is 1. The fourth-order valence-electron chi connectivity index (χ4n) is 2.63. The quantitative estimate of drug-likeness (QED) is 0.375. The zero-order valence-electron chi connectivity index (χ0n) is 16.2. The van der Waals surface area contributed by atoms with E-state index in [-0.39, 0.29) is 27.9 Å². The summed E-state index contributed by atoms with van der Waals surface area (Å²) in [5, 5.41) is 3.01. The van der Waals surface area contributed by atoms with Crippen molar-refractivity contribution < 1.29 is 23.9 Å². The number of esters is 2. The molecule has 0 atom stereocenters. The number of rotatable bonds is 7. The van der Waals surface area contributed by atoms with Crippen molar-refractivity contribution in [2.45, 2.75) is 6.92 Å². The number of benzene rings is 1. The number of nitrogens with zero attached hydrogens (tertiary/aromatic N) is 1. The Hall–Kier alpha value is -2.94. The molecule has 31 heavy (non-hydrogen) atoms. The van der Waals surface area contributed by atoms with E-state index >= 15 is 0 Å². The van der Waals surface area contributed by atoms with E-state index < -0.39 is 24.5 Å². The SMILES string of the molecule is CCOC(=O)c1c(NC(=O)COC(=O)c2ccc(Cl)nc2)sc(Cl)c1-c1ccccc1. The largest absolute Gasteiger partial charge is 0.462 e. The van der Waals surface area contributed by atoms with Gasteiger partial charge in [0.1, 0.15) is 20.1 Å². The molecule has 0 aliphatic heterocycles. The smallest absolute Gasteiger partial charge is 0.341 e. The van der Waals surface area contributed by atoms with Gasteiger partial charge in [-0.2, -0.15) is 0 Å². The fourth-order valence-corrected chi connectivity index (χ4v) is 4.13. The van der Waals surface area contributed by atoms with E-state index in [4.69, 9.17) is 32.7 Å². The number of ether oxygens (including phenoxy) is 2. The predicted octanol–water partition coefficient (Wildman–Crippen LogP) is 5.09. The van der Waals surface area contributed by atoms with E-state index in [0.717, 1.165) is 11.3 Å². The zero-order chi connectivity index (χ0) is 22.4. The average Bonchev–Trinajstić information content (AvgIpc) is 3.08. The molecule has 0 radical (unpaired) electrons. The van der Waals surface area contributed by atoms with Gasteiger partial charge in [0, 0.05) is 11.8 Å². The van der Waals surface area contributed by atoms with Gasteiger partial charge in [0.2, 0.25) is 0 Å². The van der Waals surface area contributed by atoms with E-state index in [1.54, 1.807) is 19.1 Å². The Morgan fingerprint density at radius 2 is 1.77 bits per heavy atom. The molecular formula is C21H16Cl2N2O5S. The highest BCUT2D eigenvalue weighted by Crippen LogP contribution is 2.43. The molecule has 0 unspecified atom stereocenters. The van der Waals surface area contributed by atoms with E-state index in [2.05, 4.69) is 10.3 Å². The van der Waals surface area contributed by atoms with E-state index in [1.165, 1.54) is 18.3 Å². The van der Waals surface area contributed by atoms with E-state index in [9.17, 15) is 14.4 Å². The van der Waals surface area contributed by atoms with E-state index in [0.29, 0.717) is 15.5 Å². The highest BCUT2D eigenvalue weighted by molar-refractivity contribution is 7.21. The lowest BCUT2D eigenvalue weighted by Gasteiger charge is -2.09. The zero-order valence-corrected chi connectivity index (χ0v) is 18.5. The summed E-state index contributed by atoms with van der Waals surface area (Å²) in [4.78, 5) is 40.8. The van der Waals surface area contributed by atoms with Crippen molar-refractivity contribution in [1.29, 1.82) is 0 Å². The second-order valence-corrected chi connectivity index (χ2v) is 8.05. The van der Waals surface area contributed by atoms with Gasteiger partial charge in [0.15, 0.2) is 6.61 Å². The van der Waals surface area contributed by atoms with Crippen LogP contribution in [0.1, 0.15) is 27.6 Å². The van der Waals surface area contributed by atoms with Crippen molar-refractivity contribution in [3.63, 3.8) is 0 Å².